The van der Waals surface area contributed by atoms with Crippen LogP contribution >= 0.6 is 0 Å². The molecule has 2 rings (SSSR count). The molecule has 1 saturated heterocycles. The minimum atomic E-state index is -1.09. The number of piperidine rings is 1. The second-order valence-electron chi connectivity index (χ2n) is 3.92. The normalized spacial score (nSPS) is 14.2. The first-order chi connectivity index (χ1) is 8.61. The van der Waals surface area contributed by atoms with Crippen LogP contribution < -0.4 is 5.32 Å². The van der Waals surface area contributed by atoms with E-state index in [1.807, 2.05) is 0 Å². The van der Waals surface area contributed by atoms with E-state index in [-0.39, 0.29) is 11.3 Å². The molecule has 1 fully saturated rings. The molecule has 0 aromatic heterocycles. The molecule has 1 aliphatic rings. The largest absolute Gasteiger partial charge is 0.478 e. The Morgan fingerprint density at radius 2 is 1.72 bits per heavy atom. The number of non-ortho nitro benzene ring substituents is 1. The van der Waals surface area contributed by atoms with Gasteiger partial charge in [-0.25, -0.2) is 4.79 Å². The van der Waals surface area contributed by atoms with E-state index >= 15 is 0 Å². The summed E-state index contributed by atoms with van der Waals surface area (Å²) in [4.78, 5) is 19.9. The number of nitrogens with one attached hydrogen (secondary N) is 1. The second-order valence-corrected chi connectivity index (χ2v) is 3.92. The summed E-state index contributed by atoms with van der Waals surface area (Å²) < 4.78 is 0. The van der Waals surface area contributed by atoms with Gasteiger partial charge < -0.3 is 10.4 Å². The summed E-state index contributed by atoms with van der Waals surface area (Å²) >= 11 is 0. The van der Waals surface area contributed by atoms with Crippen LogP contribution in [0.1, 0.15) is 29.6 Å². The van der Waals surface area contributed by atoms with Crippen molar-refractivity contribution in [2.75, 3.05) is 13.1 Å². The number of nitrogens with zero attached hydrogens (tertiary/aromatic N) is 1. The maximum Gasteiger partial charge on any atom is 0.335 e. The number of nitro groups is 1. The maximum absolute atomic E-state index is 10.3. The summed E-state index contributed by atoms with van der Waals surface area (Å²) in [5, 5.41) is 21.9. The SMILES string of the molecule is C1CCNCC1.O=C(O)c1ccc([N+](=O)[O-])cc1. The van der Waals surface area contributed by atoms with Gasteiger partial charge in [-0.3, -0.25) is 10.1 Å². The van der Waals surface area contributed by atoms with Crippen LogP contribution in [0.3, 0.4) is 0 Å². The number of nitro benzene ring substituents is 1. The smallest absolute Gasteiger partial charge is 0.335 e. The third-order valence-corrected chi connectivity index (χ3v) is 2.53. The van der Waals surface area contributed by atoms with Crippen LogP contribution in [0.15, 0.2) is 24.3 Å². The van der Waals surface area contributed by atoms with Gasteiger partial charge in [0.15, 0.2) is 0 Å². The van der Waals surface area contributed by atoms with Gasteiger partial charge in [-0.05, 0) is 38.1 Å². The zero-order valence-corrected chi connectivity index (χ0v) is 9.96. The predicted octanol–water partition coefficient (Wildman–Crippen LogP) is 2.05. The molecule has 0 spiro atoms. The van der Waals surface area contributed by atoms with Crippen LogP contribution in [-0.2, 0) is 0 Å². The molecule has 18 heavy (non-hydrogen) atoms. The third kappa shape index (κ3) is 4.92. The fourth-order valence-electron chi connectivity index (χ4n) is 1.53. The average Bonchev–Trinajstić information content (AvgIpc) is 2.41. The predicted molar refractivity (Wildman–Crippen MR) is 66.8 cm³/mol. The van der Waals surface area contributed by atoms with Crippen molar-refractivity contribution in [3.05, 3.63) is 39.9 Å². The lowest BCUT2D eigenvalue weighted by atomic mass is 10.2. The van der Waals surface area contributed by atoms with E-state index in [0.29, 0.717) is 0 Å². The van der Waals surface area contributed by atoms with E-state index < -0.39 is 10.9 Å². The fraction of sp³-hybridized carbons (Fsp3) is 0.417. The minimum absolute atomic E-state index is 0.0422. The van der Waals surface area contributed by atoms with Gasteiger partial charge in [0.2, 0.25) is 0 Å². The van der Waals surface area contributed by atoms with Crippen molar-refractivity contribution in [2.24, 2.45) is 0 Å². The van der Waals surface area contributed by atoms with Gasteiger partial charge >= 0.3 is 5.97 Å². The van der Waals surface area contributed by atoms with E-state index in [1.165, 1.54) is 44.5 Å². The van der Waals surface area contributed by atoms with Crippen molar-refractivity contribution in [2.45, 2.75) is 19.3 Å². The molecule has 0 atom stereocenters. The molecule has 0 saturated carbocycles. The third-order valence-electron chi connectivity index (χ3n) is 2.53. The summed E-state index contributed by atoms with van der Waals surface area (Å²) in [7, 11) is 0. The lowest BCUT2D eigenvalue weighted by Gasteiger charge is -2.08. The molecule has 0 bridgehead atoms. The van der Waals surface area contributed by atoms with Gasteiger partial charge in [0, 0.05) is 12.1 Å². The van der Waals surface area contributed by atoms with Gasteiger partial charge in [-0.2, -0.15) is 0 Å². The lowest BCUT2D eigenvalue weighted by Crippen LogP contribution is -2.21. The van der Waals surface area contributed by atoms with E-state index in [9.17, 15) is 14.9 Å². The zero-order valence-electron chi connectivity index (χ0n) is 9.96. The Labute approximate surface area is 105 Å². The number of aromatic carboxylic acids is 1. The molecule has 6 heteroatoms. The first-order valence-electron chi connectivity index (χ1n) is 5.79. The highest BCUT2D eigenvalue weighted by atomic mass is 16.6. The maximum atomic E-state index is 10.3. The number of carboxylic acids is 1. The van der Waals surface area contributed by atoms with Crippen LogP contribution in [0.2, 0.25) is 0 Å². The first kappa shape index (κ1) is 14.1. The molecular formula is C12H16N2O4. The summed E-state index contributed by atoms with van der Waals surface area (Å²) in [6.07, 6.45) is 4.22. The Balaban J connectivity index is 0.000000225. The quantitative estimate of drug-likeness (QED) is 0.620. The first-order valence-corrected chi connectivity index (χ1v) is 5.79. The monoisotopic (exact) mass is 252 g/mol. The minimum Gasteiger partial charge on any atom is -0.478 e. The highest BCUT2D eigenvalue weighted by Gasteiger charge is 2.06. The molecule has 1 heterocycles. The van der Waals surface area contributed by atoms with E-state index in [1.54, 1.807) is 0 Å². The zero-order chi connectivity index (χ0) is 13.4. The number of benzene rings is 1. The Morgan fingerprint density at radius 1 is 1.17 bits per heavy atom. The Morgan fingerprint density at radius 3 is 2.00 bits per heavy atom. The van der Waals surface area contributed by atoms with E-state index in [4.69, 9.17) is 5.11 Å². The molecule has 1 aliphatic heterocycles. The van der Waals surface area contributed by atoms with Crippen LogP contribution in [0.4, 0.5) is 5.69 Å². The number of hydrogen-bond acceptors (Lipinski definition) is 4. The Kier molecular flexibility index (Phi) is 5.79. The van der Waals surface area contributed by atoms with Gasteiger partial charge in [0.25, 0.3) is 5.69 Å². The lowest BCUT2D eigenvalue weighted by molar-refractivity contribution is -0.384. The van der Waals surface area contributed by atoms with Gasteiger partial charge in [-0.1, -0.05) is 6.42 Å². The fourth-order valence-corrected chi connectivity index (χ4v) is 1.53. The molecule has 0 unspecified atom stereocenters. The van der Waals surface area contributed by atoms with E-state index in [0.717, 1.165) is 12.1 Å². The molecule has 0 aliphatic carbocycles. The van der Waals surface area contributed by atoms with Crippen molar-refractivity contribution >= 4 is 11.7 Å². The van der Waals surface area contributed by atoms with Crippen molar-refractivity contribution in [1.29, 1.82) is 0 Å². The van der Waals surface area contributed by atoms with Gasteiger partial charge in [-0.15, -0.1) is 0 Å². The van der Waals surface area contributed by atoms with Crippen LogP contribution in [0, 0.1) is 10.1 Å². The summed E-state index contributed by atoms with van der Waals surface area (Å²) in [5.41, 5.74) is -0.0689. The summed E-state index contributed by atoms with van der Waals surface area (Å²) in [5.74, 6) is -1.09. The van der Waals surface area contributed by atoms with Crippen molar-refractivity contribution < 1.29 is 14.8 Å². The van der Waals surface area contributed by atoms with Gasteiger partial charge in [0.1, 0.15) is 0 Å². The van der Waals surface area contributed by atoms with Crippen LogP contribution in [0.25, 0.3) is 0 Å². The standard InChI is InChI=1S/C7H5NO4.C5H11N/c9-7(10)5-1-3-6(4-2-5)8(11)12;1-2-4-6-5-3-1/h1-4H,(H,9,10);6H,1-5H2. The molecule has 1 aromatic rings. The number of carboxylic acid groups (broad SMARTS) is 1. The van der Waals surface area contributed by atoms with Gasteiger partial charge in [0.05, 0.1) is 10.5 Å². The van der Waals surface area contributed by atoms with Crippen molar-refractivity contribution in [1.82, 2.24) is 5.32 Å². The number of carbonyl (C=O) groups is 1. The average molecular weight is 252 g/mol. The van der Waals surface area contributed by atoms with Crippen molar-refractivity contribution in [3.63, 3.8) is 0 Å². The Hall–Kier alpha value is -1.95. The molecular weight excluding hydrogens is 236 g/mol. The highest BCUT2D eigenvalue weighted by molar-refractivity contribution is 5.87. The molecule has 98 valence electrons. The topological polar surface area (TPSA) is 92.5 Å². The van der Waals surface area contributed by atoms with Crippen molar-refractivity contribution in [3.8, 4) is 0 Å². The molecule has 2 N–H and O–H groups in total. The summed E-state index contributed by atoms with van der Waals surface area (Å²) in [6.45, 7) is 2.50. The molecule has 0 radical (unpaired) electrons. The molecule has 1 aromatic carbocycles. The second kappa shape index (κ2) is 7.39. The summed E-state index contributed by atoms with van der Waals surface area (Å²) in [6, 6.07) is 4.70. The van der Waals surface area contributed by atoms with Crippen LogP contribution in [0.5, 0.6) is 0 Å². The number of hydrogen-bond donors (Lipinski definition) is 2. The Bertz CT molecular complexity index is 355. The van der Waals surface area contributed by atoms with E-state index in [2.05, 4.69) is 5.32 Å². The molecule has 6 nitrogen and oxygen atoms in total. The van der Waals surface area contributed by atoms with Crippen LogP contribution in [-0.4, -0.2) is 29.1 Å². The number of rotatable bonds is 2. The molecule has 0 amide bonds. The highest BCUT2D eigenvalue weighted by Crippen LogP contribution is 2.11.